The second-order valence-electron chi connectivity index (χ2n) is 6.73. The zero-order valence-corrected chi connectivity index (χ0v) is 15.9. The van der Waals surface area contributed by atoms with Crippen molar-refractivity contribution < 1.29 is 4.43 Å². The molecule has 0 amide bonds. The molecule has 0 aliphatic carbocycles. The molecule has 0 aliphatic heterocycles. The van der Waals surface area contributed by atoms with Crippen molar-refractivity contribution in [3.63, 3.8) is 0 Å². The molecule has 2 rings (SSSR count). The molecule has 0 aliphatic rings. The normalized spacial score (nSPS) is 15.9. The fraction of sp³-hybridized carbons (Fsp3) is 0.412. The lowest BCUT2D eigenvalue weighted by atomic mass is 9.82. The molecule has 0 radical (unpaired) electrons. The van der Waals surface area contributed by atoms with Gasteiger partial charge in [0.2, 0.25) is 0 Å². The third-order valence-corrected chi connectivity index (χ3v) is 5.00. The van der Waals surface area contributed by atoms with Gasteiger partial charge in [-0.05, 0) is 37.3 Å². The van der Waals surface area contributed by atoms with Gasteiger partial charge in [-0.25, -0.2) is 9.67 Å². The van der Waals surface area contributed by atoms with Crippen LogP contribution in [-0.4, -0.2) is 23.1 Å². The topological polar surface area (TPSA) is 39.9 Å². The second kappa shape index (κ2) is 6.99. The Balaban J connectivity index is 2.56. The largest absolute Gasteiger partial charge is 0.406 e. The van der Waals surface area contributed by atoms with E-state index in [-0.39, 0.29) is 5.92 Å². The van der Waals surface area contributed by atoms with Crippen molar-refractivity contribution >= 4 is 19.9 Å². The molecular weight excluding hydrogens is 326 g/mol. The summed E-state index contributed by atoms with van der Waals surface area (Å²) in [7, 11) is -1.84. The molecular formula is C17H24ClN3OSi. The van der Waals surface area contributed by atoms with Crippen LogP contribution in [0.25, 0.3) is 0 Å². The zero-order chi connectivity index (χ0) is 17.1. The van der Waals surface area contributed by atoms with E-state index in [0.717, 1.165) is 5.56 Å². The van der Waals surface area contributed by atoms with Crippen molar-refractivity contribution in [3.8, 4) is 0 Å². The van der Waals surface area contributed by atoms with Gasteiger partial charge >= 0.3 is 0 Å². The summed E-state index contributed by atoms with van der Waals surface area (Å²) in [6.45, 7) is 13.3. The Hall–Kier alpha value is -1.43. The minimum atomic E-state index is -1.84. The standard InChI is InChI=1S/C17H24ClN3OSi/c1-6-14(2)17(22-23(3,4)5,11-21-13-19-12-20-21)15-7-9-16(18)10-8-15/h6-10,12-14H,1,11H2,2-5H3. The first-order chi connectivity index (χ1) is 10.8. The van der Waals surface area contributed by atoms with Crippen molar-refractivity contribution in [2.75, 3.05) is 0 Å². The van der Waals surface area contributed by atoms with Crippen LogP contribution in [0.1, 0.15) is 12.5 Å². The van der Waals surface area contributed by atoms with E-state index in [9.17, 15) is 0 Å². The van der Waals surface area contributed by atoms with E-state index in [4.69, 9.17) is 16.0 Å². The number of hydrogen-bond donors (Lipinski definition) is 0. The Labute approximate surface area is 144 Å². The molecule has 23 heavy (non-hydrogen) atoms. The molecule has 1 aromatic carbocycles. The molecule has 4 nitrogen and oxygen atoms in total. The summed E-state index contributed by atoms with van der Waals surface area (Å²) in [5.74, 6) is 0.0969. The minimum absolute atomic E-state index is 0.0969. The summed E-state index contributed by atoms with van der Waals surface area (Å²) < 4.78 is 8.53. The van der Waals surface area contributed by atoms with Gasteiger partial charge in [0, 0.05) is 10.9 Å². The average Bonchev–Trinajstić information content (AvgIpc) is 2.97. The van der Waals surface area contributed by atoms with Gasteiger partial charge in [0.25, 0.3) is 0 Å². The first-order valence-corrected chi connectivity index (χ1v) is 11.5. The predicted octanol–water partition coefficient (Wildman–Crippen LogP) is 4.50. The van der Waals surface area contributed by atoms with Gasteiger partial charge in [0.1, 0.15) is 18.3 Å². The number of nitrogens with zero attached hydrogens (tertiary/aromatic N) is 3. The predicted molar refractivity (Wildman–Crippen MR) is 96.9 cm³/mol. The summed E-state index contributed by atoms with van der Waals surface area (Å²) in [5, 5.41) is 4.98. The molecule has 0 saturated heterocycles. The van der Waals surface area contributed by atoms with Gasteiger partial charge in [-0.1, -0.05) is 36.7 Å². The third kappa shape index (κ3) is 4.31. The maximum absolute atomic E-state index is 6.71. The van der Waals surface area contributed by atoms with Crippen molar-refractivity contribution in [2.45, 2.75) is 38.7 Å². The van der Waals surface area contributed by atoms with Crippen LogP contribution in [0.2, 0.25) is 24.7 Å². The lowest BCUT2D eigenvalue weighted by molar-refractivity contribution is 0.0000236. The van der Waals surface area contributed by atoms with Gasteiger partial charge in [0.05, 0.1) is 6.54 Å². The molecule has 1 heterocycles. The van der Waals surface area contributed by atoms with E-state index < -0.39 is 13.9 Å². The molecule has 0 spiro atoms. The molecule has 2 aromatic rings. The van der Waals surface area contributed by atoms with E-state index >= 15 is 0 Å². The molecule has 0 bridgehead atoms. The fourth-order valence-electron chi connectivity index (χ4n) is 2.71. The molecule has 2 unspecified atom stereocenters. The Kier molecular flexibility index (Phi) is 5.44. The molecule has 0 saturated carbocycles. The number of halogens is 1. The van der Waals surface area contributed by atoms with Gasteiger partial charge < -0.3 is 4.43 Å². The van der Waals surface area contributed by atoms with Gasteiger partial charge in [0.15, 0.2) is 8.32 Å². The van der Waals surface area contributed by atoms with E-state index in [0.29, 0.717) is 11.6 Å². The van der Waals surface area contributed by atoms with E-state index in [2.05, 4.69) is 43.2 Å². The van der Waals surface area contributed by atoms with Crippen molar-refractivity contribution in [1.29, 1.82) is 0 Å². The van der Waals surface area contributed by atoms with E-state index in [1.807, 2.05) is 35.0 Å². The van der Waals surface area contributed by atoms with Crippen molar-refractivity contribution in [3.05, 3.63) is 60.2 Å². The minimum Gasteiger partial charge on any atom is -0.406 e. The zero-order valence-electron chi connectivity index (χ0n) is 14.2. The highest BCUT2D eigenvalue weighted by atomic mass is 35.5. The average molecular weight is 350 g/mol. The lowest BCUT2D eigenvalue weighted by Gasteiger charge is -2.43. The SMILES string of the molecule is C=CC(C)C(Cn1cncn1)(O[Si](C)(C)C)c1ccc(Cl)cc1. The maximum atomic E-state index is 6.71. The molecule has 0 fully saturated rings. The Morgan fingerprint density at radius 3 is 2.48 bits per heavy atom. The molecule has 1 aromatic heterocycles. The summed E-state index contributed by atoms with van der Waals surface area (Å²) in [6, 6.07) is 7.85. The highest BCUT2D eigenvalue weighted by molar-refractivity contribution is 6.69. The second-order valence-corrected chi connectivity index (χ2v) is 11.6. The van der Waals surface area contributed by atoms with E-state index in [1.165, 1.54) is 0 Å². The van der Waals surface area contributed by atoms with Crippen LogP contribution in [0.4, 0.5) is 0 Å². The van der Waals surface area contributed by atoms with E-state index in [1.54, 1.807) is 12.7 Å². The quantitative estimate of drug-likeness (QED) is 0.545. The first kappa shape index (κ1) is 17.9. The number of aromatic nitrogens is 3. The number of benzene rings is 1. The summed E-state index contributed by atoms with van der Waals surface area (Å²) in [4.78, 5) is 4.06. The van der Waals surface area contributed by atoms with Crippen LogP contribution in [0.3, 0.4) is 0 Å². The fourth-order valence-corrected chi connectivity index (χ4v) is 4.29. The van der Waals surface area contributed by atoms with Crippen LogP contribution in [0.15, 0.2) is 49.6 Å². The number of rotatable bonds is 7. The summed E-state index contributed by atoms with van der Waals surface area (Å²) >= 11 is 6.07. The molecule has 124 valence electrons. The van der Waals surface area contributed by atoms with Crippen LogP contribution in [0, 0.1) is 5.92 Å². The van der Waals surface area contributed by atoms with Crippen LogP contribution in [0.5, 0.6) is 0 Å². The lowest BCUT2D eigenvalue weighted by Crippen LogP contribution is -2.47. The summed E-state index contributed by atoms with van der Waals surface area (Å²) in [6.07, 6.45) is 5.19. The van der Waals surface area contributed by atoms with Crippen molar-refractivity contribution in [1.82, 2.24) is 14.8 Å². The molecule has 2 atom stereocenters. The monoisotopic (exact) mass is 349 g/mol. The Bertz CT molecular complexity index is 637. The van der Waals surface area contributed by atoms with Gasteiger partial charge in [-0.3, -0.25) is 0 Å². The summed E-state index contributed by atoms with van der Waals surface area (Å²) in [5.41, 5.74) is 0.525. The smallest absolute Gasteiger partial charge is 0.185 e. The Morgan fingerprint density at radius 2 is 2.00 bits per heavy atom. The maximum Gasteiger partial charge on any atom is 0.185 e. The van der Waals surface area contributed by atoms with Crippen LogP contribution >= 0.6 is 11.6 Å². The van der Waals surface area contributed by atoms with Crippen molar-refractivity contribution in [2.24, 2.45) is 5.92 Å². The van der Waals surface area contributed by atoms with Crippen LogP contribution < -0.4 is 0 Å². The first-order valence-electron chi connectivity index (χ1n) is 7.68. The van der Waals surface area contributed by atoms with Gasteiger partial charge in [-0.2, -0.15) is 5.10 Å². The Morgan fingerprint density at radius 1 is 1.35 bits per heavy atom. The highest BCUT2D eigenvalue weighted by Gasteiger charge is 2.42. The molecule has 0 N–H and O–H groups in total. The molecule has 6 heteroatoms. The number of hydrogen-bond acceptors (Lipinski definition) is 3. The highest BCUT2D eigenvalue weighted by Crippen LogP contribution is 2.39. The van der Waals surface area contributed by atoms with Crippen LogP contribution in [-0.2, 0) is 16.6 Å². The third-order valence-electron chi connectivity index (χ3n) is 3.77. The van der Waals surface area contributed by atoms with Gasteiger partial charge in [-0.15, -0.1) is 6.58 Å².